The number of nitrogens with zero attached hydrogens (tertiary/aromatic N) is 1. The Morgan fingerprint density at radius 1 is 1.39 bits per heavy atom. The monoisotopic (exact) mass is 276 g/mol. The summed E-state index contributed by atoms with van der Waals surface area (Å²) in [7, 11) is 1.67. The van der Waals surface area contributed by atoms with Gasteiger partial charge in [-0.1, -0.05) is 11.8 Å². The van der Waals surface area contributed by atoms with Gasteiger partial charge in [0.1, 0.15) is 5.75 Å². The van der Waals surface area contributed by atoms with Gasteiger partial charge >= 0.3 is 0 Å². The summed E-state index contributed by atoms with van der Waals surface area (Å²) in [6, 6.07) is 8.01. The molecule has 1 aromatic carbocycles. The van der Waals surface area contributed by atoms with Gasteiger partial charge in [-0.05, 0) is 34.5 Å². The molecule has 2 heterocycles. The van der Waals surface area contributed by atoms with Gasteiger partial charge in [-0.25, -0.2) is 4.98 Å². The van der Waals surface area contributed by atoms with E-state index in [0.717, 1.165) is 27.7 Å². The van der Waals surface area contributed by atoms with Crippen molar-refractivity contribution >= 4 is 34.1 Å². The molecule has 3 rings (SSSR count). The third-order valence-electron chi connectivity index (χ3n) is 2.62. The van der Waals surface area contributed by atoms with Gasteiger partial charge in [0.25, 0.3) is 0 Å². The average Bonchev–Trinajstić information content (AvgIpc) is 3.04. The summed E-state index contributed by atoms with van der Waals surface area (Å²) in [5, 5.41) is 5.21. The van der Waals surface area contributed by atoms with Crippen molar-refractivity contribution in [3.63, 3.8) is 0 Å². The summed E-state index contributed by atoms with van der Waals surface area (Å²) in [6.07, 6.45) is 0. The topological polar surface area (TPSA) is 37.9 Å². The van der Waals surface area contributed by atoms with E-state index in [4.69, 9.17) is 4.74 Å². The first-order valence-electron chi connectivity index (χ1n) is 5.53. The fraction of sp³-hybridized carbons (Fsp3) is 0.154. The molecule has 0 saturated carbocycles. The molecule has 18 heavy (non-hydrogen) atoms. The Kier molecular flexibility index (Phi) is 3.25. The standard InChI is InChI=1S/C13H12N2OS2/c1-16-10-2-3-11-12(6-10)15-13(14-11)18-8-9-4-5-17-7-9/h2-7H,8H2,1H3,(H,14,15). The van der Waals surface area contributed by atoms with Crippen LogP contribution in [0.15, 0.2) is 40.2 Å². The second-order valence-corrected chi connectivity index (χ2v) is 5.59. The van der Waals surface area contributed by atoms with Crippen molar-refractivity contribution in [1.82, 2.24) is 9.97 Å². The highest BCUT2D eigenvalue weighted by atomic mass is 32.2. The minimum Gasteiger partial charge on any atom is -0.497 e. The number of nitrogens with one attached hydrogen (secondary N) is 1. The Morgan fingerprint density at radius 2 is 2.33 bits per heavy atom. The number of thiophene rings is 1. The maximum atomic E-state index is 5.20. The van der Waals surface area contributed by atoms with Crippen molar-refractivity contribution in [2.24, 2.45) is 0 Å². The lowest BCUT2D eigenvalue weighted by Gasteiger charge is -1.96. The number of rotatable bonds is 4. The predicted molar refractivity (Wildman–Crippen MR) is 76.5 cm³/mol. The van der Waals surface area contributed by atoms with Gasteiger partial charge < -0.3 is 9.72 Å². The fourth-order valence-electron chi connectivity index (χ4n) is 1.69. The summed E-state index contributed by atoms with van der Waals surface area (Å²) in [5.41, 5.74) is 3.33. The van der Waals surface area contributed by atoms with Crippen LogP contribution in [0.2, 0.25) is 0 Å². The third-order valence-corrected chi connectivity index (χ3v) is 4.30. The van der Waals surface area contributed by atoms with Crippen molar-refractivity contribution in [2.75, 3.05) is 7.11 Å². The Labute approximate surface area is 113 Å². The normalized spacial score (nSPS) is 10.9. The van der Waals surface area contributed by atoms with Crippen LogP contribution in [0.4, 0.5) is 0 Å². The van der Waals surface area contributed by atoms with Crippen LogP contribution < -0.4 is 4.74 Å². The minimum atomic E-state index is 0.848. The summed E-state index contributed by atoms with van der Waals surface area (Å²) in [6.45, 7) is 0. The number of ether oxygens (including phenoxy) is 1. The molecule has 0 aliphatic rings. The molecular formula is C13H12N2OS2. The van der Waals surface area contributed by atoms with Crippen LogP contribution in [0.25, 0.3) is 11.0 Å². The van der Waals surface area contributed by atoms with E-state index in [0.29, 0.717) is 0 Å². The number of fused-ring (bicyclic) bond motifs is 1. The zero-order valence-corrected chi connectivity index (χ0v) is 11.5. The number of hydrogen-bond donors (Lipinski definition) is 1. The zero-order chi connectivity index (χ0) is 12.4. The highest BCUT2D eigenvalue weighted by molar-refractivity contribution is 7.98. The summed E-state index contributed by atoms with van der Waals surface area (Å²) < 4.78 is 5.20. The Bertz CT molecular complexity index is 646. The van der Waals surface area contributed by atoms with Crippen LogP contribution in [0.3, 0.4) is 0 Å². The van der Waals surface area contributed by atoms with Crippen LogP contribution in [-0.2, 0) is 5.75 Å². The molecule has 0 atom stereocenters. The van der Waals surface area contributed by atoms with Gasteiger partial charge in [-0.2, -0.15) is 11.3 Å². The van der Waals surface area contributed by atoms with Crippen LogP contribution in [-0.4, -0.2) is 17.1 Å². The number of methoxy groups -OCH3 is 1. The van der Waals surface area contributed by atoms with E-state index >= 15 is 0 Å². The number of H-pyrrole nitrogens is 1. The van der Waals surface area contributed by atoms with E-state index < -0.39 is 0 Å². The number of imidazole rings is 1. The van der Waals surface area contributed by atoms with Crippen LogP contribution >= 0.6 is 23.1 Å². The lowest BCUT2D eigenvalue weighted by Crippen LogP contribution is -1.81. The Morgan fingerprint density at radius 3 is 3.11 bits per heavy atom. The first kappa shape index (κ1) is 11.6. The molecule has 0 fully saturated rings. The van der Waals surface area contributed by atoms with Crippen molar-refractivity contribution in [3.8, 4) is 5.75 Å². The molecule has 92 valence electrons. The molecule has 0 spiro atoms. The molecule has 0 saturated heterocycles. The molecular weight excluding hydrogens is 264 g/mol. The summed E-state index contributed by atoms with van der Waals surface area (Å²) >= 11 is 3.44. The van der Waals surface area contributed by atoms with Gasteiger partial charge in [-0.3, -0.25) is 0 Å². The highest BCUT2D eigenvalue weighted by Crippen LogP contribution is 2.25. The average molecular weight is 276 g/mol. The molecule has 2 aromatic heterocycles. The minimum absolute atomic E-state index is 0.848. The number of hydrogen-bond acceptors (Lipinski definition) is 4. The summed E-state index contributed by atoms with van der Waals surface area (Å²) in [4.78, 5) is 7.85. The lowest BCUT2D eigenvalue weighted by molar-refractivity contribution is 0.415. The van der Waals surface area contributed by atoms with E-state index in [9.17, 15) is 0 Å². The van der Waals surface area contributed by atoms with Crippen molar-refractivity contribution in [3.05, 3.63) is 40.6 Å². The Balaban J connectivity index is 1.80. The molecule has 0 bridgehead atoms. The van der Waals surface area contributed by atoms with Gasteiger partial charge in [0, 0.05) is 11.8 Å². The van der Waals surface area contributed by atoms with Crippen molar-refractivity contribution in [2.45, 2.75) is 10.9 Å². The number of aromatic amines is 1. The molecule has 5 heteroatoms. The number of thioether (sulfide) groups is 1. The van der Waals surface area contributed by atoms with E-state index in [1.807, 2.05) is 18.2 Å². The van der Waals surface area contributed by atoms with Gasteiger partial charge in [0.05, 0.1) is 18.1 Å². The van der Waals surface area contributed by atoms with E-state index in [1.165, 1.54) is 5.56 Å². The molecule has 0 amide bonds. The molecule has 0 aliphatic carbocycles. The number of benzene rings is 1. The molecule has 3 nitrogen and oxygen atoms in total. The first-order chi connectivity index (χ1) is 8.85. The molecule has 0 aliphatic heterocycles. The molecule has 0 unspecified atom stereocenters. The van der Waals surface area contributed by atoms with Crippen molar-refractivity contribution in [1.29, 1.82) is 0 Å². The SMILES string of the molecule is COc1ccc2nc(SCc3ccsc3)[nH]c2c1. The van der Waals surface area contributed by atoms with Gasteiger partial charge in [0.15, 0.2) is 5.16 Å². The number of aromatic nitrogens is 2. The lowest BCUT2D eigenvalue weighted by atomic mass is 10.3. The molecule has 0 radical (unpaired) electrons. The largest absolute Gasteiger partial charge is 0.497 e. The van der Waals surface area contributed by atoms with Crippen LogP contribution in [0.5, 0.6) is 5.75 Å². The smallest absolute Gasteiger partial charge is 0.166 e. The summed E-state index contributed by atoms with van der Waals surface area (Å²) in [5.74, 6) is 1.79. The molecule has 3 aromatic rings. The van der Waals surface area contributed by atoms with Gasteiger partial charge in [-0.15, -0.1) is 0 Å². The van der Waals surface area contributed by atoms with E-state index in [1.54, 1.807) is 30.2 Å². The fourth-order valence-corrected chi connectivity index (χ4v) is 3.29. The van der Waals surface area contributed by atoms with Crippen molar-refractivity contribution < 1.29 is 4.74 Å². The highest BCUT2D eigenvalue weighted by Gasteiger charge is 2.05. The quantitative estimate of drug-likeness (QED) is 0.734. The van der Waals surface area contributed by atoms with Crippen LogP contribution in [0.1, 0.15) is 5.56 Å². The zero-order valence-electron chi connectivity index (χ0n) is 9.84. The van der Waals surface area contributed by atoms with Crippen LogP contribution in [0, 0.1) is 0 Å². The predicted octanol–water partition coefficient (Wildman–Crippen LogP) is 3.93. The van der Waals surface area contributed by atoms with Gasteiger partial charge in [0.2, 0.25) is 0 Å². The van der Waals surface area contributed by atoms with E-state index in [-0.39, 0.29) is 0 Å². The molecule has 1 N–H and O–H groups in total. The third kappa shape index (κ3) is 2.37. The Hall–Kier alpha value is -1.46. The first-order valence-corrected chi connectivity index (χ1v) is 7.45. The second kappa shape index (κ2) is 5.04. The maximum absolute atomic E-state index is 5.20. The van der Waals surface area contributed by atoms with E-state index in [2.05, 4.69) is 26.8 Å². The second-order valence-electron chi connectivity index (χ2n) is 3.85. The maximum Gasteiger partial charge on any atom is 0.166 e.